The molecule has 2 aromatic carbocycles. The van der Waals surface area contributed by atoms with Crippen molar-refractivity contribution < 1.29 is 9.50 Å². The van der Waals surface area contributed by atoms with Crippen LogP contribution in [0.5, 0.6) is 5.88 Å². The predicted octanol–water partition coefficient (Wildman–Crippen LogP) is 2.48. The first-order valence-corrected chi connectivity index (χ1v) is 11.6. The van der Waals surface area contributed by atoms with Gasteiger partial charge in [-0.05, 0) is 47.7 Å². The lowest BCUT2D eigenvalue weighted by Gasteiger charge is -2.12. The van der Waals surface area contributed by atoms with Crippen LogP contribution >= 0.6 is 0 Å². The van der Waals surface area contributed by atoms with Gasteiger partial charge in [0.05, 0.1) is 12.2 Å². The van der Waals surface area contributed by atoms with E-state index in [2.05, 4.69) is 20.4 Å². The van der Waals surface area contributed by atoms with Gasteiger partial charge in [0.2, 0.25) is 5.88 Å². The summed E-state index contributed by atoms with van der Waals surface area (Å²) in [5.41, 5.74) is 3.57. The highest BCUT2D eigenvalue weighted by Crippen LogP contribution is 2.25. The van der Waals surface area contributed by atoms with Crippen molar-refractivity contribution in [2.75, 3.05) is 5.32 Å². The zero-order valence-electron chi connectivity index (χ0n) is 19.1. The second kappa shape index (κ2) is 8.81. The fraction of sp³-hybridized carbons (Fsp3) is 0.154. The first-order chi connectivity index (χ1) is 17.5. The first-order valence-electron chi connectivity index (χ1n) is 11.6. The molecule has 4 N–H and O–H groups in total. The molecule has 3 heterocycles. The summed E-state index contributed by atoms with van der Waals surface area (Å²) in [6, 6.07) is 16.6. The number of benzene rings is 2. The van der Waals surface area contributed by atoms with Crippen LogP contribution < -0.4 is 21.7 Å². The fourth-order valence-corrected chi connectivity index (χ4v) is 4.08. The number of imidazole rings is 1. The predicted molar refractivity (Wildman–Crippen MR) is 133 cm³/mol. The van der Waals surface area contributed by atoms with E-state index in [9.17, 15) is 14.3 Å². The second-order valence-electron chi connectivity index (χ2n) is 8.70. The van der Waals surface area contributed by atoms with E-state index in [1.165, 1.54) is 12.1 Å². The number of aromatic amines is 2. The summed E-state index contributed by atoms with van der Waals surface area (Å²) in [6.45, 7) is 0.340. The van der Waals surface area contributed by atoms with Crippen molar-refractivity contribution >= 4 is 17.5 Å². The van der Waals surface area contributed by atoms with E-state index in [4.69, 9.17) is 9.98 Å². The van der Waals surface area contributed by atoms with Crippen LogP contribution in [0.1, 0.15) is 24.1 Å². The lowest BCUT2D eigenvalue weighted by atomic mass is 9.99. The van der Waals surface area contributed by atoms with Crippen LogP contribution in [0, 0.1) is 5.82 Å². The quantitative estimate of drug-likeness (QED) is 0.296. The number of aromatic nitrogens is 5. The topological polar surface area (TPSA) is 123 Å². The van der Waals surface area contributed by atoms with Crippen LogP contribution in [-0.2, 0) is 6.54 Å². The zero-order valence-corrected chi connectivity index (χ0v) is 19.1. The number of hydrogen-bond acceptors (Lipinski definition) is 6. The monoisotopic (exact) mass is 483 g/mol. The fourth-order valence-electron chi connectivity index (χ4n) is 4.08. The van der Waals surface area contributed by atoms with Gasteiger partial charge in [-0.25, -0.2) is 14.2 Å². The van der Waals surface area contributed by atoms with Gasteiger partial charge in [0.1, 0.15) is 17.3 Å². The number of hydrogen-bond donors (Lipinski definition) is 4. The average molecular weight is 484 g/mol. The third-order valence-corrected chi connectivity index (χ3v) is 5.99. The number of nitrogens with one attached hydrogen (secondary N) is 3. The third-order valence-electron chi connectivity index (χ3n) is 5.99. The highest BCUT2D eigenvalue weighted by Gasteiger charge is 2.20. The van der Waals surface area contributed by atoms with Crippen LogP contribution in [0.25, 0.3) is 22.9 Å². The van der Waals surface area contributed by atoms with E-state index in [0.29, 0.717) is 28.7 Å². The lowest BCUT2D eigenvalue weighted by Crippen LogP contribution is -2.20. The number of nitrogens with zero attached hydrogens (tertiary/aromatic N) is 4. The number of anilines is 1. The highest BCUT2D eigenvalue weighted by molar-refractivity contribution is 5.68. The van der Waals surface area contributed by atoms with Gasteiger partial charge in [0, 0.05) is 17.8 Å². The van der Waals surface area contributed by atoms with Crippen LogP contribution in [0.3, 0.4) is 0 Å². The maximum Gasteiger partial charge on any atom is 0.326 e. The molecule has 0 spiro atoms. The van der Waals surface area contributed by atoms with Gasteiger partial charge in [0.15, 0.2) is 11.1 Å². The number of fused-ring (bicyclic) bond motifs is 1. The Kier molecular flexibility index (Phi) is 5.33. The van der Waals surface area contributed by atoms with Crippen molar-refractivity contribution in [3.8, 4) is 17.0 Å². The average Bonchev–Trinajstić information content (AvgIpc) is 3.51. The van der Waals surface area contributed by atoms with E-state index in [-0.39, 0.29) is 23.4 Å². The van der Waals surface area contributed by atoms with E-state index in [1.807, 2.05) is 36.4 Å². The molecular formula is C26H22FN7O2. The highest BCUT2D eigenvalue weighted by atomic mass is 19.1. The molecule has 1 fully saturated rings. The summed E-state index contributed by atoms with van der Waals surface area (Å²) in [7, 11) is 0. The van der Waals surface area contributed by atoms with Gasteiger partial charge < -0.3 is 15.4 Å². The molecule has 1 aliphatic rings. The molecule has 0 unspecified atom stereocenters. The smallest absolute Gasteiger partial charge is 0.326 e. The summed E-state index contributed by atoms with van der Waals surface area (Å²) in [4.78, 5) is 25.8. The summed E-state index contributed by atoms with van der Waals surface area (Å²) < 4.78 is 15.8. The van der Waals surface area contributed by atoms with Crippen LogP contribution in [0.2, 0.25) is 0 Å². The minimum Gasteiger partial charge on any atom is -0.493 e. The Morgan fingerprint density at radius 3 is 2.75 bits per heavy atom. The van der Waals surface area contributed by atoms with Crippen LogP contribution in [0.15, 0.2) is 70.6 Å². The Balaban J connectivity index is 1.41. The minimum atomic E-state index is -0.515. The largest absolute Gasteiger partial charge is 0.493 e. The molecule has 0 saturated heterocycles. The molecule has 1 aliphatic carbocycles. The van der Waals surface area contributed by atoms with Crippen molar-refractivity contribution in [2.45, 2.75) is 25.4 Å². The molecule has 3 aromatic heterocycles. The van der Waals surface area contributed by atoms with Crippen molar-refractivity contribution in [3.63, 3.8) is 0 Å². The van der Waals surface area contributed by atoms with E-state index in [0.717, 1.165) is 29.5 Å². The van der Waals surface area contributed by atoms with Gasteiger partial charge >= 0.3 is 5.69 Å². The lowest BCUT2D eigenvalue weighted by molar-refractivity contribution is 0.454. The van der Waals surface area contributed by atoms with Gasteiger partial charge in [-0.2, -0.15) is 9.61 Å². The molecule has 180 valence electrons. The summed E-state index contributed by atoms with van der Waals surface area (Å²) in [6.07, 6.45) is 5.24. The SMILES string of the molecule is O=c1[nH]c(O)c(C=c2cnn3c(=NC4CC4)cc(NCc4cc(F)ccc4-c4ccccc4)nc23)[nH]1. The summed E-state index contributed by atoms with van der Waals surface area (Å²) in [5.74, 6) is -0.0320. The zero-order chi connectivity index (χ0) is 24.6. The first kappa shape index (κ1) is 21.8. The third kappa shape index (κ3) is 4.36. The van der Waals surface area contributed by atoms with E-state index >= 15 is 0 Å². The Morgan fingerprint density at radius 1 is 1.17 bits per heavy atom. The standard InChI is InChI=1S/C26H22FN7O2/c27-18-6-9-20(15-4-2-1-3-5-15)16(10-18)13-28-22-12-23(30-19-7-8-19)34-24(32-22)17(14-29-34)11-21-25(35)33-26(36)31-21/h1-6,9-12,14,19,28,35H,7-8,13H2,(H2,31,33,36). The maximum atomic E-state index is 14.1. The molecule has 0 amide bonds. The molecule has 1 saturated carbocycles. The van der Waals surface area contributed by atoms with E-state index < -0.39 is 5.69 Å². The Labute approximate surface area is 203 Å². The second-order valence-corrected chi connectivity index (χ2v) is 8.70. The van der Waals surface area contributed by atoms with Gasteiger partial charge in [0.25, 0.3) is 0 Å². The summed E-state index contributed by atoms with van der Waals surface area (Å²) >= 11 is 0. The number of halogens is 1. The van der Waals surface area contributed by atoms with E-state index in [1.54, 1.807) is 22.9 Å². The molecule has 10 heteroatoms. The molecule has 5 aromatic rings. The number of rotatable bonds is 6. The molecular weight excluding hydrogens is 461 g/mol. The number of H-pyrrole nitrogens is 2. The maximum absolute atomic E-state index is 14.1. The molecule has 0 atom stereocenters. The molecule has 0 radical (unpaired) electrons. The Hall–Kier alpha value is -4.73. The molecule has 36 heavy (non-hydrogen) atoms. The molecule has 6 rings (SSSR count). The Bertz CT molecular complexity index is 1750. The summed E-state index contributed by atoms with van der Waals surface area (Å²) in [5, 5.41) is 18.3. The van der Waals surface area contributed by atoms with Crippen LogP contribution in [-0.4, -0.2) is 35.7 Å². The van der Waals surface area contributed by atoms with Gasteiger partial charge in [-0.3, -0.25) is 9.98 Å². The van der Waals surface area contributed by atoms with Crippen molar-refractivity contribution in [1.29, 1.82) is 0 Å². The molecule has 0 bridgehead atoms. The molecule has 9 nitrogen and oxygen atoms in total. The van der Waals surface area contributed by atoms with Gasteiger partial charge in [-0.15, -0.1) is 0 Å². The minimum absolute atomic E-state index is 0.225. The van der Waals surface area contributed by atoms with Crippen molar-refractivity contribution in [2.24, 2.45) is 4.99 Å². The number of aromatic hydroxyl groups is 1. The Morgan fingerprint density at radius 2 is 2.00 bits per heavy atom. The normalized spacial score (nSPS) is 14.6. The van der Waals surface area contributed by atoms with Crippen molar-refractivity contribution in [1.82, 2.24) is 24.6 Å². The van der Waals surface area contributed by atoms with Crippen LogP contribution in [0.4, 0.5) is 10.2 Å². The van der Waals surface area contributed by atoms with Gasteiger partial charge in [-0.1, -0.05) is 36.4 Å². The molecule has 0 aliphatic heterocycles. The van der Waals surface area contributed by atoms with Crippen molar-refractivity contribution in [3.05, 3.63) is 99.1 Å².